The molecule has 0 aliphatic carbocycles. The molecule has 0 atom stereocenters. The molecule has 0 bridgehead atoms. The van der Waals surface area contributed by atoms with Crippen LogP contribution in [0.15, 0.2) is 52.9 Å². The number of rotatable bonds is 4. The van der Waals surface area contributed by atoms with Gasteiger partial charge in [-0.25, -0.2) is 4.98 Å². The largest absolute Gasteiger partial charge is 0.252 e. The topological polar surface area (TPSA) is 61.1 Å². The fourth-order valence-electron chi connectivity index (χ4n) is 2.09. The zero-order valence-electron chi connectivity index (χ0n) is 13.1. The van der Waals surface area contributed by atoms with Crippen molar-refractivity contribution in [2.75, 3.05) is 5.43 Å². The molecule has 4 nitrogen and oxygen atoms in total. The number of nitrogens with zero attached hydrogens (tertiary/aromatic N) is 3. The second kappa shape index (κ2) is 7.66. The van der Waals surface area contributed by atoms with Crippen molar-refractivity contribution in [3.8, 4) is 17.3 Å². The van der Waals surface area contributed by atoms with Gasteiger partial charge in [0.15, 0.2) is 0 Å². The van der Waals surface area contributed by atoms with Gasteiger partial charge in [0.2, 0.25) is 5.13 Å². The highest BCUT2D eigenvalue weighted by atomic mass is 35.5. The van der Waals surface area contributed by atoms with E-state index in [0.29, 0.717) is 20.7 Å². The lowest BCUT2D eigenvalue weighted by Crippen LogP contribution is -1.99. The predicted octanol–water partition coefficient (Wildman–Crippen LogP) is 5.82. The van der Waals surface area contributed by atoms with E-state index in [0.717, 1.165) is 22.5 Å². The standard InChI is InChI=1S/C18H12Cl2N4S/c1-11(14-6-7-15(19)16(20)8-14)23-24-18-22-17(10-25-18)13-4-2-12(9-21)3-5-13/h2-8,10H,1H3,(H,22,24)/b23-11+. The second-order valence-electron chi connectivity index (χ2n) is 5.16. The minimum atomic E-state index is 0.492. The van der Waals surface area contributed by atoms with E-state index in [-0.39, 0.29) is 0 Å². The van der Waals surface area contributed by atoms with E-state index in [1.165, 1.54) is 11.3 Å². The summed E-state index contributed by atoms with van der Waals surface area (Å²) in [6.07, 6.45) is 0. The van der Waals surface area contributed by atoms with Crippen molar-refractivity contribution >= 4 is 45.4 Å². The number of thiazole rings is 1. The summed E-state index contributed by atoms with van der Waals surface area (Å²) in [5.74, 6) is 0. The summed E-state index contributed by atoms with van der Waals surface area (Å²) in [7, 11) is 0. The van der Waals surface area contributed by atoms with Gasteiger partial charge in [-0.05, 0) is 36.8 Å². The number of nitriles is 1. The Labute approximate surface area is 159 Å². The van der Waals surface area contributed by atoms with Gasteiger partial charge in [0, 0.05) is 10.9 Å². The van der Waals surface area contributed by atoms with Gasteiger partial charge in [-0.3, -0.25) is 5.43 Å². The molecule has 1 aromatic heterocycles. The lowest BCUT2D eigenvalue weighted by atomic mass is 10.1. The van der Waals surface area contributed by atoms with Crippen LogP contribution in [-0.2, 0) is 0 Å². The molecule has 0 unspecified atom stereocenters. The van der Waals surface area contributed by atoms with Crippen molar-refractivity contribution in [2.45, 2.75) is 6.92 Å². The molecule has 1 N–H and O–H groups in total. The minimum absolute atomic E-state index is 0.492. The van der Waals surface area contributed by atoms with Crippen molar-refractivity contribution in [2.24, 2.45) is 5.10 Å². The average Bonchev–Trinajstić information content (AvgIpc) is 3.11. The van der Waals surface area contributed by atoms with Gasteiger partial charge in [0.1, 0.15) is 0 Å². The number of nitrogens with one attached hydrogen (secondary N) is 1. The highest BCUT2D eigenvalue weighted by Gasteiger charge is 2.06. The number of halogens is 2. The van der Waals surface area contributed by atoms with Gasteiger partial charge in [-0.1, -0.05) is 41.4 Å². The van der Waals surface area contributed by atoms with Crippen molar-refractivity contribution in [1.29, 1.82) is 5.26 Å². The Kier molecular flexibility index (Phi) is 5.34. The Morgan fingerprint density at radius 1 is 1.16 bits per heavy atom. The molecule has 124 valence electrons. The quantitative estimate of drug-likeness (QED) is 0.453. The minimum Gasteiger partial charge on any atom is -0.252 e. The molecule has 3 rings (SSSR count). The molecular weight excluding hydrogens is 375 g/mol. The molecule has 25 heavy (non-hydrogen) atoms. The summed E-state index contributed by atoms with van der Waals surface area (Å²) in [6.45, 7) is 1.88. The van der Waals surface area contributed by atoms with Crippen LogP contribution >= 0.6 is 34.5 Å². The SMILES string of the molecule is C/C(=N\Nc1nc(-c2ccc(C#N)cc2)cs1)c1ccc(Cl)c(Cl)c1. The van der Waals surface area contributed by atoms with Gasteiger partial charge in [0.25, 0.3) is 0 Å². The highest BCUT2D eigenvalue weighted by Crippen LogP contribution is 2.26. The van der Waals surface area contributed by atoms with Crippen molar-refractivity contribution in [1.82, 2.24) is 4.98 Å². The summed E-state index contributed by atoms with van der Waals surface area (Å²) >= 11 is 13.4. The molecule has 0 amide bonds. The van der Waals surface area contributed by atoms with Gasteiger partial charge < -0.3 is 0 Å². The second-order valence-corrected chi connectivity index (χ2v) is 6.84. The number of hydrazone groups is 1. The molecule has 0 aliphatic rings. The first-order valence-electron chi connectivity index (χ1n) is 7.28. The van der Waals surface area contributed by atoms with Crippen LogP contribution in [0.25, 0.3) is 11.3 Å². The van der Waals surface area contributed by atoms with E-state index in [4.69, 9.17) is 28.5 Å². The summed E-state index contributed by atoms with van der Waals surface area (Å²) in [5.41, 5.74) is 7.02. The van der Waals surface area contributed by atoms with Crippen LogP contribution in [0.1, 0.15) is 18.1 Å². The Bertz CT molecular complexity index is 971. The van der Waals surface area contributed by atoms with Gasteiger partial charge >= 0.3 is 0 Å². The molecule has 0 saturated heterocycles. The van der Waals surface area contributed by atoms with Crippen LogP contribution in [0.4, 0.5) is 5.13 Å². The molecule has 0 aliphatic heterocycles. The molecule has 0 saturated carbocycles. The summed E-state index contributed by atoms with van der Waals surface area (Å²) < 4.78 is 0. The first-order chi connectivity index (χ1) is 12.1. The molecule has 7 heteroatoms. The molecule has 0 spiro atoms. The normalized spacial score (nSPS) is 11.2. The predicted molar refractivity (Wildman–Crippen MR) is 105 cm³/mol. The molecule has 0 radical (unpaired) electrons. The summed E-state index contributed by atoms with van der Waals surface area (Å²) in [4.78, 5) is 4.50. The highest BCUT2D eigenvalue weighted by molar-refractivity contribution is 7.14. The van der Waals surface area contributed by atoms with Gasteiger partial charge in [-0.15, -0.1) is 11.3 Å². The molecule has 3 aromatic rings. The van der Waals surface area contributed by atoms with Gasteiger partial charge in [0.05, 0.1) is 33.1 Å². The first-order valence-corrected chi connectivity index (χ1v) is 8.92. The van der Waals surface area contributed by atoms with E-state index in [2.05, 4.69) is 21.6 Å². The summed E-state index contributed by atoms with van der Waals surface area (Å²) in [6, 6.07) is 14.8. The number of anilines is 1. The van der Waals surface area contributed by atoms with Crippen molar-refractivity contribution < 1.29 is 0 Å². The van der Waals surface area contributed by atoms with Crippen LogP contribution in [-0.4, -0.2) is 10.7 Å². The molecule has 1 heterocycles. The van der Waals surface area contributed by atoms with Crippen molar-refractivity contribution in [3.05, 3.63) is 69.0 Å². The maximum Gasteiger partial charge on any atom is 0.203 e. The Hall–Kier alpha value is -2.39. The lowest BCUT2D eigenvalue weighted by molar-refractivity contribution is 1.27. The smallest absolute Gasteiger partial charge is 0.203 e. The molecule has 0 fully saturated rings. The van der Waals surface area contributed by atoms with Crippen LogP contribution in [0.3, 0.4) is 0 Å². The fraction of sp³-hybridized carbons (Fsp3) is 0.0556. The zero-order valence-corrected chi connectivity index (χ0v) is 15.5. The fourth-order valence-corrected chi connectivity index (χ4v) is 3.05. The number of hydrogen-bond acceptors (Lipinski definition) is 5. The lowest BCUT2D eigenvalue weighted by Gasteiger charge is -2.03. The number of aromatic nitrogens is 1. The van der Waals surface area contributed by atoms with E-state index in [9.17, 15) is 0 Å². The van der Waals surface area contributed by atoms with Crippen LogP contribution in [0.5, 0.6) is 0 Å². The number of hydrogen-bond donors (Lipinski definition) is 1. The Morgan fingerprint density at radius 3 is 2.60 bits per heavy atom. The third-order valence-electron chi connectivity index (χ3n) is 3.47. The van der Waals surface area contributed by atoms with E-state index in [1.54, 1.807) is 24.3 Å². The van der Waals surface area contributed by atoms with Crippen LogP contribution in [0.2, 0.25) is 10.0 Å². The number of benzene rings is 2. The molecule has 2 aromatic carbocycles. The van der Waals surface area contributed by atoms with E-state index >= 15 is 0 Å². The van der Waals surface area contributed by atoms with Crippen molar-refractivity contribution in [3.63, 3.8) is 0 Å². The third-order valence-corrected chi connectivity index (χ3v) is 4.96. The van der Waals surface area contributed by atoms with Crippen LogP contribution < -0.4 is 5.43 Å². The van der Waals surface area contributed by atoms with Gasteiger partial charge in [-0.2, -0.15) is 10.4 Å². The maximum atomic E-state index is 8.85. The molecular formula is C18H12Cl2N4S. The third kappa shape index (κ3) is 4.18. The average molecular weight is 387 g/mol. The summed E-state index contributed by atoms with van der Waals surface area (Å²) in [5, 5.41) is 16.8. The zero-order chi connectivity index (χ0) is 17.8. The Balaban J connectivity index is 1.74. The maximum absolute atomic E-state index is 8.85. The first kappa shape index (κ1) is 17.4. The van der Waals surface area contributed by atoms with E-state index < -0.39 is 0 Å². The van der Waals surface area contributed by atoms with Crippen LogP contribution in [0, 0.1) is 11.3 Å². The van der Waals surface area contributed by atoms with E-state index in [1.807, 2.05) is 30.5 Å². The Morgan fingerprint density at radius 2 is 1.92 bits per heavy atom. The monoisotopic (exact) mass is 386 g/mol.